The van der Waals surface area contributed by atoms with Crippen molar-refractivity contribution in [3.05, 3.63) is 58.6 Å². The third-order valence-electron chi connectivity index (χ3n) is 4.08. The number of anilines is 1. The fourth-order valence-electron chi connectivity index (χ4n) is 2.77. The highest BCUT2D eigenvalue weighted by Crippen LogP contribution is 2.30. The van der Waals surface area contributed by atoms with Gasteiger partial charge < -0.3 is 9.47 Å². The number of carbonyl (C=O) groups is 3. The molecule has 30 heavy (non-hydrogen) atoms. The molecular formula is C22H17ClN2O5. The van der Waals surface area contributed by atoms with Crippen LogP contribution in [0.1, 0.15) is 12.5 Å². The number of benzene rings is 2. The van der Waals surface area contributed by atoms with Gasteiger partial charge in [-0.25, -0.2) is 9.69 Å². The molecule has 0 bridgehead atoms. The van der Waals surface area contributed by atoms with Crippen LogP contribution in [0.2, 0.25) is 5.02 Å². The molecule has 1 saturated heterocycles. The minimum atomic E-state index is -0.836. The topological polar surface area (TPSA) is 84.9 Å². The molecule has 2 aromatic carbocycles. The number of halogens is 1. The molecule has 1 aliphatic heterocycles. The zero-order chi connectivity index (χ0) is 21.7. The molecule has 2 aromatic rings. The molecule has 7 nitrogen and oxygen atoms in total. The number of imide groups is 2. The number of hydrogen-bond acceptors (Lipinski definition) is 5. The maximum Gasteiger partial charge on any atom is 0.335 e. The summed E-state index contributed by atoms with van der Waals surface area (Å²) in [5, 5.41) is 2.62. The SMILES string of the molecule is C#CCOc1ccc(/C=C2/C(=O)NC(=O)N(c3ccc(Cl)cc3)C2=O)cc1OCC. The van der Waals surface area contributed by atoms with Gasteiger partial charge in [0, 0.05) is 5.02 Å². The van der Waals surface area contributed by atoms with Crippen molar-refractivity contribution < 1.29 is 23.9 Å². The Bertz CT molecular complexity index is 1070. The van der Waals surface area contributed by atoms with E-state index in [0.29, 0.717) is 28.7 Å². The summed E-state index contributed by atoms with van der Waals surface area (Å²) in [5.74, 6) is 1.68. The van der Waals surface area contributed by atoms with E-state index in [4.69, 9.17) is 27.5 Å². The van der Waals surface area contributed by atoms with Crippen LogP contribution in [0.15, 0.2) is 48.0 Å². The van der Waals surface area contributed by atoms with E-state index in [1.165, 1.54) is 18.2 Å². The van der Waals surface area contributed by atoms with Crippen molar-refractivity contribution in [2.45, 2.75) is 6.92 Å². The molecule has 1 N–H and O–H groups in total. The summed E-state index contributed by atoms with van der Waals surface area (Å²) in [6.07, 6.45) is 6.59. The van der Waals surface area contributed by atoms with Gasteiger partial charge in [0.2, 0.25) is 0 Å². The molecule has 0 unspecified atom stereocenters. The van der Waals surface area contributed by atoms with E-state index in [1.54, 1.807) is 30.3 Å². The highest BCUT2D eigenvalue weighted by Gasteiger charge is 2.36. The summed E-state index contributed by atoms with van der Waals surface area (Å²) in [7, 11) is 0. The molecule has 0 saturated carbocycles. The molecule has 1 fully saturated rings. The molecule has 152 valence electrons. The molecule has 8 heteroatoms. The Morgan fingerprint density at radius 2 is 1.83 bits per heavy atom. The van der Waals surface area contributed by atoms with Gasteiger partial charge in [0.1, 0.15) is 12.2 Å². The van der Waals surface area contributed by atoms with Crippen LogP contribution in [0.25, 0.3) is 6.08 Å². The van der Waals surface area contributed by atoms with Gasteiger partial charge in [0.05, 0.1) is 12.3 Å². The van der Waals surface area contributed by atoms with Crippen LogP contribution in [-0.2, 0) is 9.59 Å². The van der Waals surface area contributed by atoms with E-state index in [9.17, 15) is 14.4 Å². The van der Waals surface area contributed by atoms with Crippen LogP contribution in [0.5, 0.6) is 11.5 Å². The fourth-order valence-corrected chi connectivity index (χ4v) is 2.90. The summed E-state index contributed by atoms with van der Waals surface area (Å²) in [5.41, 5.74) is 0.591. The van der Waals surface area contributed by atoms with Gasteiger partial charge in [-0.15, -0.1) is 6.42 Å². The molecule has 3 rings (SSSR count). The number of hydrogen-bond donors (Lipinski definition) is 1. The maximum atomic E-state index is 12.9. The first kappa shape index (κ1) is 21.0. The molecular weight excluding hydrogens is 408 g/mol. The monoisotopic (exact) mass is 424 g/mol. The Kier molecular flexibility index (Phi) is 6.40. The van der Waals surface area contributed by atoms with Gasteiger partial charge in [0.25, 0.3) is 11.8 Å². The number of barbiturate groups is 1. The first-order valence-corrected chi connectivity index (χ1v) is 9.32. The summed E-state index contributed by atoms with van der Waals surface area (Å²) in [6, 6.07) is 10.2. The third-order valence-corrected chi connectivity index (χ3v) is 4.33. The number of nitrogens with one attached hydrogen (secondary N) is 1. The van der Waals surface area contributed by atoms with Crippen molar-refractivity contribution in [1.29, 1.82) is 0 Å². The second-order valence-electron chi connectivity index (χ2n) is 6.07. The number of rotatable bonds is 6. The first-order valence-electron chi connectivity index (χ1n) is 8.94. The van der Waals surface area contributed by atoms with Gasteiger partial charge in [-0.1, -0.05) is 23.6 Å². The predicted molar refractivity (Wildman–Crippen MR) is 112 cm³/mol. The van der Waals surface area contributed by atoms with E-state index >= 15 is 0 Å². The average molecular weight is 425 g/mol. The molecule has 0 aromatic heterocycles. The molecule has 1 heterocycles. The molecule has 0 spiro atoms. The molecule has 0 aliphatic carbocycles. The van der Waals surface area contributed by atoms with Crippen molar-refractivity contribution >= 4 is 41.2 Å². The van der Waals surface area contributed by atoms with Crippen molar-refractivity contribution in [1.82, 2.24) is 5.32 Å². The van der Waals surface area contributed by atoms with Gasteiger partial charge in [-0.3, -0.25) is 14.9 Å². The van der Waals surface area contributed by atoms with Crippen LogP contribution >= 0.6 is 11.6 Å². The van der Waals surface area contributed by atoms with E-state index in [1.807, 2.05) is 6.92 Å². The number of urea groups is 1. The number of terminal acetylenes is 1. The maximum absolute atomic E-state index is 12.9. The largest absolute Gasteiger partial charge is 0.490 e. The molecule has 0 atom stereocenters. The summed E-state index contributed by atoms with van der Waals surface area (Å²) in [4.78, 5) is 38.4. The normalized spacial score (nSPS) is 15.0. The minimum absolute atomic E-state index is 0.0690. The molecule has 4 amide bonds. The van der Waals surface area contributed by atoms with Crippen LogP contribution in [0.4, 0.5) is 10.5 Å². The summed E-state index contributed by atoms with van der Waals surface area (Å²) < 4.78 is 11.0. The number of amides is 4. The average Bonchev–Trinajstić information content (AvgIpc) is 2.72. The highest BCUT2D eigenvalue weighted by molar-refractivity contribution is 6.39. The lowest BCUT2D eigenvalue weighted by Crippen LogP contribution is -2.54. The number of ether oxygens (including phenoxy) is 2. The molecule has 0 radical (unpaired) electrons. The lowest BCUT2D eigenvalue weighted by molar-refractivity contribution is -0.122. The standard InChI is InChI=1S/C22H17ClN2O5/c1-3-11-30-18-10-5-14(13-19(18)29-4-2)12-17-20(26)24-22(28)25(21(17)27)16-8-6-15(23)7-9-16/h1,5-10,12-13H,4,11H2,2H3,(H,24,26,28)/b17-12-. The second kappa shape index (κ2) is 9.16. The number of nitrogens with zero attached hydrogens (tertiary/aromatic N) is 1. The van der Waals surface area contributed by atoms with Crippen LogP contribution < -0.4 is 19.7 Å². The first-order chi connectivity index (χ1) is 14.4. The van der Waals surface area contributed by atoms with Crippen LogP contribution in [0, 0.1) is 12.3 Å². The Morgan fingerprint density at radius 3 is 2.50 bits per heavy atom. The Morgan fingerprint density at radius 1 is 1.10 bits per heavy atom. The predicted octanol–water partition coefficient (Wildman–Crippen LogP) is 3.42. The lowest BCUT2D eigenvalue weighted by atomic mass is 10.1. The van der Waals surface area contributed by atoms with Gasteiger partial charge in [0.15, 0.2) is 11.5 Å². The highest BCUT2D eigenvalue weighted by atomic mass is 35.5. The van der Waals surface area contributed by atoms with Crippen molar-refractivity contribution in [3.63, 3.8) is 0 Å². The molecule has 1 aliphatic rings. The fraction of sp³-hybridized carbons (Fsp3) is 0.136. The quantitative estimate of drug-likeness (QED) is 0.436. The Labute approximate surface area is 178 Å². The Hall–Kier alpha value is -3.76. The van der Waals surface area contributed by atoms with Crippen LogP contribution in [-0.4, -0.2) is 31.1 Å². The van der Waals surface area contributed by atoms with Gasteiger partial charge in [-0.05, 0) is 55.0 Å². The third kappa shape index (κ3) is 4.45. The van der Waals surface area contributed by atoms with E-state index < -0.39 is 17.8 Å². The zero-order valence-electron chi connectivity index (χ0n) is 16.0. The summed E-state index contributed by atoms with van der Waals surface area (Å²) >= 11 is 5.87. The van der Waals surface area contributed by atoms with Crippen molar-refractivity contribution in [3.8, 4) is 23.8 Å². The van der Waals surface area contributed by atoms with Crippen LogP contribution in [0.3, 0.4) is 0 Å². The van der Waals surface area contributed by atoms with E-state index in [2.05, 4.69) is 11.2 Å². The van der Waals surface area contributed by atoms with Gasteiger partial charge >= 0.3 is 6.03 Å². The van der Waals surface area contributed by atoms with Gasteiger partial charge in [-0.2, -0.15) is 0 Å². The zero-order valence-corrected chi connectivity index (χ0v) is 16.7. The second-order valence-corrected chi connectivity index (χ2v) is 6.50. The minimum Gasteiger partial charge on any atom is -0.490 e. The lowest BCUT2D eigenvalue weighted by Gasteiger charge is -2.26. The summed E-state index contributed by atoms with van der Waals surface area (Å²) in [6.45, 7) is 2.26. The van der Waals surface area contributed by atoms with Crippen molar-refractivity contribution in [2.24, 2.45) is 0 Å². The Balaban J connectivity index is 1.96. The van der Waals surface area contributed by atoms with Crippen molar-refractivity contribution in [2.75, 3.05) is 18.1 Å². The van der Waals surface area contributed by atoms with E-state index in [0.717, 1.165) is 4.90 Å². The number of carbonyl (C=O) groups excluding carboxylic acids is 3. The smallest absolute Gasteiger partial charge is 0.335 e. The van der Waals surface area contributed by atoms with E-state index in [-0.39, 0.29) is 17.9 Å².